The maximum Gasteiger partial charge on any atom is 0.321 e. The molecule has 6 nitrogen and oxygen atoms in total. The summed E-state index contributed by atoms with van der Waals surface area (Å²) in [6.07, 6.45) is 5.07. The van der Waals surface area contributed by atoms with Crippen molar-refractivity contribution in [2.45, 2.75) is 65.0 Å². The van der Waals surface area contributed by atoms with Crippen LogP contribution in [0.25, 0.3) is 0 Å². The Balaban J connectivity index is 2.85. The van der Waals surface area contributed by atoms with E-state index in [1.54, 1.807) is 27.8 Å². The van der Waals surface area contributed by atoms with E-state index in [4.69, 9.17) is 4.74 Å². The van der Waals surface area contributed by atoms with Crippen molar-refractivity contribution in [2.75, 3.05) is 20.2 Å². The van der Waals surface area contributed by atoms with Crippen molar-refractivity contribution in [2.24, 2.45) is 0 Å². The van der Waals surface area contributed by atoms with Crippen LogP contribution in [0.15, 0.2) is 0 Å². The second kappa shape index (κ2) is 8.10. The van der Waals surface area contributed by atoms with E-state index in [1.165, 1.54) is 15.0 Å². The van der Waals surface area contributed by atoms with Gasteiger partial charge in [-0.05, 0) is 33.6 Å². The number of ether oxygens (including phenoxy) is 1. The van der Waals surface area contributed by atoms with Crippen LogP contribution in [-0.2, 0) is 19.7 Å². The molecule has 1 saturated carbocycles. The highest BCUT2D eigenvalue weighted by Gasteiger charge is 2.35. The minimum atomic E-state index is -3.65. The molecule has 0 atom stereocenters. The number of hydrogen-bond donors (Lipinski definition) is 0. The number of carbonyl (C=O) groups excluding carboxylic acids is 1. The Morgan fingerprint density at radius 3 is 2.29 bits per heavy atom. The van der Waals surface area contributed by atoms with Gasteiger partial charge in [0.2, 0.25) is 0 Å². The van der Waals surface area contributed by atoms with Crippen LogP contribution in [0.3, 0.4) is 0 Å². The summed E-state index contributed by atoms with van der Waals surface area (Å²) in [5.74, 6) is -0.508. The van der Waals surface area contributed by atoms with Gasteiger partial charge in [-0.1, -0.05) is 19.3 Å². The summed E-state index contributed by atoms with van der Waals surface area (Å²) >= 11 is 0. The molecule has 1 fully saturated rings. The van der Waals surface area contributed by atoms with Gasteiger partial charge in [0.25, 0.3) is 10.2 Å². The highest BCUT2D eigenvalue weighted by atomic mass is 32.2. The predicted molar refractivity (Wildman–Crippen MR) is 82.0 cm³/mol. The number of carbonyl (C=O) groups is 1. The van der Waals surface area contributed by atoms with Gasteiger partial charge in [-0.3, -0.25) is 4.79 Å². The number of hydrogen-bond acceptors (Lipinski definition) is 4. The molecular formula is C14H28N2O4S. The molecule has 0 heterocycles. The van der Waals surface area contributed by atoms with E-state index in [9.17, 15) is 13.2 Å². The lowest BCUT2D eigenvalue weighted by atomic mass is 9.96. The van der Waals surface area contributed by atoms with Gasteiger partial charge >= 0.3 is 5.97 Å². The molecule has 0 N–H and O–H groups in total. The molecule has 1 aliphatic carbocycles. The summed E-state index contributed by atoms with van der Waals surface area (Å²) in [7, 11) is -2.03. The van der Waals surface area contributed by atoms with E-state index in [0.717, 1.165) is 25.7 Å². The smallest absolute Gasteiger partial charge is 0.321 e. The number of esters is 1. The second-order valence-electron chi connectivity index (χ2n) is 5.76. The lowest BCUT2D eigenvalue weighted by Crippen LogP contribution is -2.51. The van der Waals surface area contributed by atoms with E-state index in [0.29, 0.717) is 0 Å². The third-order valence-corrected chi connectivity index (χ3v) is 6.08. The van der Waals surface area contributed by atoms with Crippen molar-refractivity contribution >= 4 is 16.2 Å². The van der Waals surface area contributed by atoms with Crippen LogP contribution in [-0.4, -0.2) is 55.3 Å². The summed E-state index contributed by atoms with van der Waals surface area (Å²) in [6, 6.07) is -0.252. The fraction of sp³-hybridized carbons (Fsp3) is 0.929. The first kappa shape index (κ1) is 18.4. The third kappa shape index (κ3) is 4.93. The van der Waals surface area contributed by atoms with Crippen molar-refractivity contribution in [3.63, 3.8) is 0 Å². The van der Waals surface area contributed by atoms with Crippen LogP contribution in [0.5, 0.6) is 0 Å². The second-order valence-corrected chi connectivity index (χ2v) is 7.70. The van der Waals surface area contributed by atoms with Crippen LogP contribution >= 0.6 is 0 Å². The molecule has 124 valence electrons. The van der Waals surface area contributed by atoms with Crippen LogP contribution in [0.2, 0.25) is 0 Å². The first-order valence-electron chi connectivity index (χ1n) is 7.71. The molecule has 7 heteroatoms. The first-order valence-corrected chi connectivity index (χ1v) is 9.10. The van der Waals surface area contributed by atoms with Crippen molar-refractivity contribution in [3.05, 3.63) is 0 Å². The predicted octanol–water partition coefficient (Wildman–Crippen LogP) is 1.77. The number of nitrogens with zero attached hydrogens (tertiary/aromatic N) is 2. The van der Waals surface area contributed by atoms with Crippen LogP contribution in [0, 0.1) is 0 Å². The average Bonchev–Trinajstić information content (AvgIpc) is 2.44. The molecule has 21 heavy (non-hydrogen) atoms. The van der Waals surface area contributed by atoms with Gasteiger partial charge in [0, 0.05) is 19.1 Å². The minimum Gasteiger partial charge on any atom is -0.465 e. The Kier molecular flexibility index (Phi) is 7.09. The summed E-state index contributed by atoms with van der Waals surface area (Å²) in [6.45, 7) is 5.27. The van der Waals surface area contributed by atoms with Gasteiger partial charge in [0.15, 0.2) is 0 Å². The fourth-order valence-electron chi connectivity index (χ4n) is 2.66. The molecule has 0 aromatic rings. The van der Waals surface area contributed by atoms with Gasteiger partial charge in [-0.25, -0.2) is 0 Å². The Hall–Kier alpha value is -0.660. The lowest BCUT2D eigenvalue weighted by Gasteiger charge is -2.35. The number of rotatable bonds is 7. The zero-order chi connectivity index (χ0) is 16.0. The minimum absolute atomic E-state index is 0.0344. The Bertz CT molecular complexity index is 430. The molecule has 0 amide bonds. The van der Waals surface area contributed by atoms with E-state index in [2.05, 4.69) is 0 Å². The van der Waals surface area contributed by atoms with E-state index < -0.39 is 16.2 Å². The average molecular weight is 320 g/mol. The Morgan fingerprint density at radius 1 is 1.24 bits per heavy atom. The normalized spacial score (nSPS) is 17.7. The summed E-state index contributed by atoms with van der Waals surface area (Å²) in [4.78, 5) is 11.7. The zero-order valence-electron chi connectivity index (χ0n) is 13.5. The highest BCUT2D eigenvalue weighted by molar-refractivity contribution is 7.86. The molecule has 0 spiro atoms. The van der Waals surface area contributed by atoms with Crippen molar-refractivity contribution in [1.29, 1.82) is 0 Å². The van der Waals surface area contributed by atoms with Gasteiger partial charge in [-0.2, -0.15) is 17.0 Å². The van der Waals surface area contributed by atoms with E-state index in [1.807, 2.05) is 0 Å². The molecular weight excluding hydrogens is 292 g/mol. The maximum absolute atomic E-state index is 12.8. The standard InChI is InChI=1S/C14H28N2O4S/c1-5-20-14(17)11-16(12(2)3)21(18,19)15(4)13-9-7-6-8-10-13/h12-13H,5-11H2,1-4H3. The monoisotopic (exact) mass is 320 g/mol. The van der Waals surface area contributed by atoms with Crippen LogP contribution in [0.1, 0.15) is 52.9 Å². The van der Waals surface area contributed by atoms with Crippen molar-refractivity contribution in [1.82, 2.24) is 8.61 Å². The van der Waals surface area contributed by atoms with E-state index in [-0.39, 0.29) is 25.2 Å². The molecule has 0 aromatic heterocycles. The lowest BCUT2D eigenvalue weighted by molar-refractivity contribution is -0.143. The van der Waals surface area contributed by atoms with Gasteiger partial charge in [-0.15, -0.1) is 0 Å². The Morgan fingerprint density at radius 2 is 1.81 bits per heavy atom. The van der Waals surface area contributed by atoms with Gasteiger partial charge in [0.1, 0.15) is 6.54 Å². The summed E-state index contributed by atoms with van der Waals surface area (Å²) < 4.78 is 33.0. The summed E-state index contributed by atoms with van der Waals surface area (Å²) in [5, 5.41) is 0. The molecule has 0 bridgehead atoms. The van der Waals surface area contributed by atoms with Crippen LogP contribution in [0.4, 0.5) is 0 Å². The maximum atomic E-state index is 12.8. The fourth-order valence-corrected chi connectivity index (χ4v) is 4.38. The van der Waals surface area contributed by atoms with E-state index >= 15 is 0 Å². The molecule has 0 unspecified atom stereocenters. The third-order valence-electron chi connectivity index (χ3n) is 3.92. The Labute approximate surface area is 128 Å². The SMILES string of the molecule is CCOC(=O)CN(C(C)C)S(=O)(=O)N(C)C1CCCCC1. The zero-order valence-corrected chi connectivity index (χ0v) is 14.4. The summed E-state index contributed by atoms with van der Waals surface area (Å²) in [5.41, 5.74) is 0. The first-order chi connectivity index (χ1) is 9.80. The molecule has 0 radical (unpaired) electrons. The molecule has 0 saturated heterocycles. The van der Waals surface area contributed by atoms with Gasteiger partial charge in [0.05, 0.1) is 6.61 Å². The molecule has 1 aliphatic rings. The highest BCUT2D eigenvalue weighted by Crippen LogP contribution is 2.25. The van der Waals surface area contributed by atoms with Crippen molar-refractivity contribution in [3.8, 4) is 0 Å². The van der Waals surface area contributed by atoms with Crippen LogP contribution < -0.4 is 0 Å². The van der Waals surface area contributed by atoms with Gasteiger partial charge < -0.3 is 4.74 Å². The quantitative estimate of drug-likeness (QED) is 0.671. The molecule has 0 aromatic carbocycles. The molecule has 0 aliphatic heterocycles. The largest absolute Gasteiger partial charge is 0.465 e. The molecule has 1 rings (SSSR count). The van der Waals surface area contributed by atoms with Crippen molar-refractivity contribution < 1.29 is 17.9 Å². The topological polar surface area (TPSA) is 66.9 Å².